The summed E-state index contributed by atoms with van der Waals surface area (Å²) in [6.45, 7) is 0.458. The minimum Gasteiger partial charge on any atom is -0.497 e. The molecule has 2 aromatic rings. The maximum atomic E-state index is 12.1. The van der Waals surface area contributed by atoms with Gasteiger partial charge >= 0.3 is 6.36 Å². The van der Waals surface area contributed by atoms with Crippen LogP contribution in [0.3, 0.4) is 0 Å². The van der Waals surface area contributed by atoms with Gasteiger partial charge in [0.15, 0.2) is 0 Å². The molecule has 0 radical (unpaired) electrons. The summed E-state index contributed by atoms with van der Waals surface area (Å²) < 4.78 is 45.3. The highest BCUT2D eigenvalue weighted by atomic mass is 19.4. The Kier molecular flexibility index (Phi) is 5.68. The molecular weight excluding hydrogens is 321 g/mol. The Bertz CT molecular complexity index is 698. The second kappa shape index (κ2) is 7.72. The molecule has 0 bridgehead atoms. The molecule has 0 aromatic heterocycles. The summed E-state index contributed by atoms with van der Waals surface area (Å²) in [5.74, 6) is 0.733. The lowest BCUT2D eigenvalue weighted by Crippen LogP contribution is -2.18. The molecule has 0 spiro atoms. The first-order valence-corrected chi connectivity index (χ1v) is 7.16. The lowest BCUT2D eigenvalue weighted by atomic mass is 10.1. The number of halogens is 3. The average Bonchev–Trinajstić information content (AvgIpc) is 2.54. The fraction of sp³-hybridized carbons (Fsp3) is 0.235. The highest BCUT2D eigenvalue weighted by Crippen LogP contribution is 2.22. The van der Waals surface area contributed by atoms with Crippen LogP contribution >= 0.6 is 0 Å². The van der Waals surface area contributed by atoms with Gasteiger partial charge in [0.05, 0.1) is 7.11 Å². The molecule has 0 aliphatic carbocycles. The van der Waals surface area contributed by atoms with Gasteiger partial charge < -0.3 is 15.2 Å². The normalized spacial score (nSPS) is 12.1. The fourth-order valence-corrected chi connectivity index (χ4v) is 2.05. The van der Waals surface area contributed by atoms with Crippen molar-refractivity contribution in [2.24, 2.45) is 10.7 Å². The number of benzene rings is 2. The van der Waals surface area contributed by atoms with E-state index in [4.69, 9.17) is 10.5 Å². The van der Waals surface area contributed by atoms with Crippen molar-refractivity contribution in [1.82, 2.24) is 0 Å². The number of amidine groups is 1. The molecule has 24 heavy (non-hydrogen) atoms. The van der Waals surface area contributed by atoms with Crippen LogP contribution in [0.1, 0.15) is 11.1 Å². The van der Waals surface area contributed by atoms with Gasteiger partial charge in [-0.1, -0.05) is 12.1 Å². The van der Waals surface area contributed by atoms with Crippen molar-refractivity contribution in [1.29, 1.82) is 0 Å². The monoisotopic (exact) mass is 338 g/mol. The first-order valence-electron chi connectivity index (χ1n) is 7.16. The van der Waals surface area contributed by atoms with Gasteiger partial charge in [0, 0.05) is 12.1 Å². The highest BCUT2D eigenvalue weighted by Gasteiger charge is 2.30. The van der Waals surface area contributed by atoms with Crippen LogP contribution in [0.2, 0.25) is 0 Å². The maximum Gasteiger partial charge on any atom is 0.573 e. The van der Waals surface area contributed by atoms with Crippen LogP contribution in [0.5, 0.6) is 11.5 Å². The van der Waals surface area contributed by atoms with E-state index in [1.54, 1.807) is 7.11 Å². The van der Waals surface area contributed by atoms with E-state index in [2.05, 4.69) is 9.73 Å². The number of methoxy groups -OCH3 is 1. The van der Waals surface area contributed by atoms with Crippen molar-refractivity contribution in [2.45, 2.75) is 12.8 Å². The zero-order valence-corrected chi connectivity index (χ0v) is 13.0. The number of rotatable bonds is 6. The molecule has 0 saturated heterocycles. The second-order valence-electron chi connectivity index (χ2n) is 4.94. The van der Waals surface area contributed by atoms with Crippen LogP contribution in [-0.4, -0.2) is 25.9 Å². The number of alkyl halides is 3. The van der Waals surface area contributed by atoms with E-state index < -0.39 is 6.36 Å². The van der Waals surface area contributed by atoms with Crippen LogP contribution in [0.25, 0.3) is 0 Å². The smallest absolute Gasteiger partial charge is 0.497 e. The van der Waals surface area contributed by atoms with Crippen LogP contribution in [0, 0.1) is 0 Å². The number of hydrogen-bond acceptors (Lipinski definition) is 3. The fourth-order valence-electron chi connectivity index (χ4n) is 2.05. The molecule has 0 saturated carbocycles. The third-order valence-electron chi connectivity index (χ3n) is 3.20. The Morgan fingerprint density at radius 3 is 2.42 bits per heavy atom. The molecule has 128 valence electrons. The molecule has 7 heteroatoms. The summed E-state index contributed by atoms with van der Waals surface area (Å²) in [5, 5.41) is 0. The van der Waals surface area contributed by atoms with Gasteiger partial charge in [-0.15, -0.1) is 13.2 Å². The predicted octanol–water partition coefficient (Wildman–Crippen LogP) is 3.54. The lowest BCUT2D eigenvalue weighted by Gasteiger charge is -2.09. The minimum absolute atomic E-state index is 0.261. The first kappa shape index (κ1) is 17.7. The average molecular weight is 338 g/mol. The summed E-state index contributed by atoms with van der Waals surface area (Å²) in [7, 11) is 1.60. The molecule has 0 aliphatic rings. The molecular formula is C17H17F3N2O2. The van der Waals surface area contributed by atoms with Gasteiger partial charge in [-0.3, -0.25) is 4.99 Å². The predicted molar refractivity (Wildman–Crippen MR) is 85.4 cm³/mol. The Balaban J connectivity index is 1.95. The molecule has 0 amide bonds. The van der Waals surface area contributed by atoms with E-state index in [0.717, 1.165) is 11.3 Å². The van der Waals surface area contributed by atoms with Crippen LogP contribution in [0.15, 0.2) is 53.5 Å². The minimum atomic E-state index is -4.71. The molecule has 0 fully saturated rings. The lowest BCUT2D eigenvalue weighted by molar-refractivity contribution is -0.274. The quantitative estimate of drug-likeness (QED) is 0.647. The SMILES string of the molecule is COc1cccc(CCN=C(N)c2ccc(OC(F)(F)F)cc2)c1. The Hall–Kier alpha value is -2.70. The van der Waals surface area contributed by atoms with Gasteiger partial charge in [0.1, 0.15) is 17.3 Å². The molecule has 0 aliphatic heterocycles. The topological polar surface area (TPSA) is 56.8 Å². The van der Waals surface area contributed by atoms with E-state index >= 15 is 0 Å². The second-order valence-corrected chi connectivity index (χ2v) is 4.94. The zero-order chi connectivity index (χ0) is 17.6. The van der Waals surface area contributed by atoms with Crippen LogP contribution in [0.4, 0.5) is 13.2 Å². The number of ether oxygens (including phenoxy) is 2. The Morgan fingerprint density at radius 1 is 1.08 bits per heavy atom. The van der Waals surface area contributed by atoms with Gasteiger partial charge in [-0.2, -0.15) is 0 Å². The van der Waals surface area contributed by atoms with Gasteiger partial charge in [0.25, 0.3) is 0 Å². The number of nitrogens with two attached hydrogens (primary N) is 1. The first-order chi connectivity index (χ1) is 11.4. The van der Waals surface area contributed by atoms with E-state index in [9.17, 15) is 13.2 Å². The van der Waals surface area contributed by atoms with E-state index in [0.29, 0.717) is 18.5 Å². The van der Waals surface area contributed by atoms with Crippen molar-refractivity contribution in [3.63, 3.8) is 0 Å². The summed E-state index contributed by atoms with van der Waals surface area (Å²) >= 11 is 0. The number of aliphatic imine (C=N–C) groups is 1. The third kappa shape index (κ3) is 5.49. The molecule has 0 heterocycles. The van der Waals surface area contributed by atoms with E-state index in [-0.39, 0.29) is 11.6 Å². The zero-order valence-electron chi connectivity index (χ0n) is 13.0. The van der Waals surface area contributed by atoms with Crippen LogP contribution < -0.4 is 15.2 Å². The summed E-state index contributed by atoms with van der Waals surface area (Å²) in [4.78, 5) is 4.24. The van der Waals surface area contributed by atoms with Crippen molar-refractivity contribution >= 4 is 5.84 Å². The van der Waals surface area contributed by atoms with Gasteiger partial charge in [0.2, 0.25) is 0 Å². The largest absolute Gasteiger partial charge is 0.573 e. The number of hydrogen-bond donors (Lipinski definition) is 1. The summed E-state index contributed by atoms with van der Waals surface area (Å²) in [5.41, 5.74) is 7.45. The van der Waals surface area contributed by atoms with Crippen molar-refractivity contribution in [2.75, 3.05) is 13.7 Å². The van der Waals surface area contributed by atoms with Crippen molar-refractivity contribution < 1.29 is 22.6 Å². The maximum absolute atomic E-state index is 12.1. The van der Waals surface area contributed by atoms with Crippen LogP contribution in [-0.2, 0) is 6.42 Å². The Morgan fingerprint density at radius 2 is 1.79 bits per heavy atom. The highest BCUT2D eigenvalue weighted by molar-refractivity contribution is 5.97. The van der Waals surface area contributed by atoms with E-state index in [1.165, 1.54) is 24.3 Å². The molecule has 2 rings (SSSR count). The molecule has 4 nitrogen and oxygen atoms in total. The third-order valence-corrected chi connectivity index (χ3v) is 3.20. The molecule has 0 atom stereocenters. The molecule has 2 aromatic carbocycles. The summed E-state index contributed by atoms with van der Waals surface area (Å²) in [6, 6.07) is 12.9. The summed E-state index contributed by atoms with van der Waals surface area (Å²) in [6.07, 6.45) is -4.04. The molecule has 0 unspecified atom stereocenters. The number of nitrogens with zero attached hydrogens (tertiary/aromatic N) is 1. The molecule has 2 N–H and O–H groups in total. The van der Waals surface area contributed by atoms with E-state index in [1.807, 2.05) is 24.3 Å². The van der Waals surface area contributed by atoms with Gasteiger partial charge in [-0.05, 0) is 48.4 Å². The van der Waals surface area contributed by atoms with Crippen molar-refractivity contribution in [3.05, 3.63) is 59.7 Å². The van der Waals surface area contributed by atoms with Gasteiger partial charge in [-0.25, -0.2) is 0 Å². The Labute approximate surface area is 137 Å². The standard InChI is InChI=1S/C17H17F3N2O2/c1-23-15-4-2-3-12(11-15)9-10-22-16(21)13-5-7-14(8-6-13)24-17(18,19)20/h2-8,11H,9-10H2,1H3,(H2,21,22). The van der Waals surface area contributed by atoms with Crippen molar-refractivity contribution in [3.8, 4) is 11.5 Å².